The van der Waals surface area contributed by atoms with Crippen LogP contribution in [0.1, 0.15) is 13.8 Å². The van der Waals surface area contributed by atoms with Gasteiger partial charge < -0.3 is 0 Å². The predicted octanol–water partition coefficient (Wildman–Crippen LogP) is 2.37. The largest absolute Gasteiger partial charge is 0.244 e. The molecule has 128 valence electrons. The fraction of sp³-hybridized carbons (Fsp3) is 0.200. The number of aryl methyl sites for hydroxylation is 2. The van der Waals surface area contributed by atoms with E-state index in [1.807, 2.05) is 33.6 Å². The molecule has 0 spiro atoms. The summed E-state index contributed by atoms with van der Waals surface area (Å²) in [5.74, 6) is 0. The Bertz CT molecular complexity index is 1400. The molecule has 2 aromatic carbocycles. The van der Waals surface area contributed by atoms with Gasteiger partial charge in [-0.1, -0.05) is 59.0 Å². The Hall–Kier alpha value is -3.28. The van der Waals surface area contributed by atoms with Gasteiger partial charge in [0, 0.05) is 34.0 Å². The van der Waals surface area contributed by atoms with Crippen molar-refractivity contribution in [3.63, 3.8) is 0 Å². The number of fused-ring (bicyclic) bond motifs is 4. The van der Waals surface area contributed by atoms with Crippen molar-refractivity contribution in [2.24, 2.45) is 0 Å². The zero-order valence-electron chi connectivity index (χ0n) is 14.7. The maximum Gasteiger partial charge on any atom is 0.121 e. The molecule has 0 saturated carbocycles. The van der Waals surface area contributed by atoms with Crippen LogP contribution in [0.15, 0.2) is 48.5 Å². The first-order chi connectivity index (χ1) is 12.8. The van der Waals surface area contributed by atoms with Crippen LogP contribution < -0.4 is 0 Å². The molecule has 1 aliphatic rings. The van der Waals surface area contributed by atoms with Crippen LogP contribution in [-0.4, -0.2) is 30.0 Å². The third kappa shape index (κ3) is 1.92. The summed E-state index contributed by atoms with van der Waals surface area (Å²) >= 11 is 0. The van der Waals surface area contributed by atoms with E-state index in [9.17, 15) is 0 Å². The van der Waals surface area contributed by atoms with Gasteiger partial charge in [-0.3, -0.25) is 0 Å². The van der Waals surface area contributed by atoms with Gasteiger partial charge in [0.1, 0.15) is 10.7 Å². The molecule has 0 bridgehead atoms. The van der Waals surface area contributed by atoms with Crippen LogP contribution in [-0.2, 0) is 13.1 Å². The fourth-order valence-corrected chi connectivity index (χ4v) is 3.76. The monoisotopic (exact) mass is 342 g/mol. The molecule has 0 radical (unpaired) electrons. The molecular weight excluding hydrogens is 324 g/mol. The SMILES string of the molecule is CCn1nnc2c1=c1ccccc1=c1nnn(CC)c1=c1ccccc1=2. The first kappa shape index (κ1) is 15.0. The summed E-state index contributed by atoms with van der Waals surface area (Å²) in [6, 6.07) is 16.6. The maximum atomic E-state index is 4.55. The molecular formula is C20H18N6. The molecule has 0 saturated heterocycles. The summed E-state index contributed by atoms with van der Waals surface area (Å²) in [7, 11) is 0. The van der Waals surface area contributed by atoms with E-state index < -0.39 is 0 Å². The lowest BCUT2D eigenvalue weighted by molar-refractivity contribution is 0.612. The highest BCUT2D eigenvalue weighted by Gasteiger charge is 2.08. The predicted molar refractivity (Wildman–Crippen MR) is 95.0 cm³/mol. The van der Waals surface area contributed by atoms with E-state index in [2.05, 4.69) is 58.7 Å². The number of rotatable bonds is 2. The molecule has 0 aliphatic heterocycles. The number of aromatic nitrogens is 6. The lowest BCUT2D eigenvalue weighted by atomic mass is 10.1. The normalized spacial score (nSPS) is 11.8. The molecule has 2 aromatic heterocycles. The Morgan fingerprint density at radius 2 is 1.00 bits per heavy atom. The van der Waals surface area contributed by atoms with Crippen molar-refractivity contribution >= 4 is 0 Å². The first-order valence-corrected chi connectivity index (χ1v) is 8.90. The van der Waals surface area contributed by atoms with E-state index in [4.69, 9.17) is 0 Å². The average molecular weight is 342 g/mol. The van der Waals surface area contributed by atoms with E-state index in [-0.39, 0.29) is 0 Å². The minimum Gasteiger partial charge on any atom is -0.244 e. The van der Waals surface area contributed by atoms with E-state index in [0.29, 0.717) is 0 Å². The zero-order chi connectivity index (χ0) is 17.7. The van der Waals surface area contributed by atoms with Gasteiger partial charge in [0.25, 0.3) is 0 Å². The minimum absolute atomic E-state index is 0.757. The number of hydrogen-bond acceptors (Lipinski definition) is 4. The second-order valence-electron chi connectivity index (χ2n) is 6.30. The molecule has 4 aromatic rings. The van der Waals surface area contributed by atoms with Gasteiger partial charge in [0.15, 0.2) is 0 Å². The van der Waals surface area contributed by atoms with Crippen molar-refractivity contribution in [3.05, 3.63) is 90.8 Å². The molecule has 26 heavy (non-hydrogen) atoms. The Labute approximate surface area is 148 Å². The van der Waals surface area contributed by atoms with Gasteiger partial charge in [0.2, 0.25) is 0 Å². The molecule has 2 heterocycles. The highest BCUT2D eigenvalue weighted by molar-refractivity contribution is 5.22. The van der Waals surface area contributed by atoms with Gasteiger partial charge >= 0.3 is 0 Å². The summed E-state index contributed by atoms with van der Waals surface area (Å²) in [4.78, 5) is 0. The van der Waals surface area contributed by atoms with Crippen LogP contribution in [0.25, 0.3) is 0 Å². The highest BCUT2D eigenvalue weighted by Crippen LogP contribution is 2.10. The smallest absolute Gasteiger partial charge is 0.121 e. The third-order valence-electron chi connectivity index (χ3n) is 4.94. The van der Waals surface area contributed by atoms with Crippen LogP contribution in [0, 0.1) is 42.3 Å². The van der Waals surface area contributed by atoms with Crippen LogP contribution in [0.3, 0.4) is 0 Å². The number of hydrogen-bond donors (Lipinski definition) is 0. The van der Waals surface area contributed by atoms with Crippen LogP contribution >= 0.6 is 0 Å². The topological polar surface area (TPSA) is 61.4 Å². The molecule has 6 heteroatoms. The number of benzene rings is 2. The van der Waals surface area contributed by atoms with Crippen LogP contribution in [0.5, 0.6) is 0 Å². The fourth-order valence-electron chi connectivity index (χ4n) is 3.76. The van der Waals surface area contributed by atoms with E-state index in [1.54, 1.807) is 0 Å². The van der Waals surface area contributed by atoms with E-state index in [0.717, 1.165) is 55.4 Å². The minimum atomic E-state index is 0.757. The first-order valence-electron chi connectivity index (χ1n) is 8.90. The molecule has 0 N–H and O–H groups in total. The van der Waals surface area contributed by atoms with Crippen molar-refractivity contribution < 1.29 is 0 Å². The van der Waals surface area contributed by atoms with E-state index in [1.165, 1.54) is 0 Å². The molecule has 0 amide bonds. The lowest BCUT2D eigenvalue weighted by Crippen LogP contribution is -2.00. The molecule has 0 unspecified atom stereocenters. The van der Waals surface area contributed by atoms with Crippen LogP contribution in [0.2, 0.25) is 0 Å². The van der Waals surface area contributed by atoms with Gasteiger partial charge in [-0.2, -0.15) is 0 Å². The summed E-state index contributed by atoms with van der Waals surface area (Å²) in [6.45, 7) is 5.68. The van der Waals surface area contributed by atoms with Crippen molar-refractivity contribution in [2.45, 2.75) is 26.9 Å². The highest BCUT2D eigenvalue weighted by atomic mass is 15.4. The molecule has 5 rings (SSSR count). The number of nitrogens with zero attached hydrogens (tertiary/aromatic N) is 6. The molecule has 0 atom stereocenters. The average Bonchev–Trinajstić information content (AvgIpc) is 3.30. The maximum absolute atomic E-state index is 4.55. The standard InChI is InChI=1S/C20H18N6/c1-3-25-19-15-11-7-5-9-13(15)18-20(26(4-2)24-22-18)16-12-8-6-10-14(16)17(19)21-23-25/h5-12H,3-4H2,1-2H3. The Morgan fingerprint density at radius 1 is 0.615 bits per heavy atom. The zero-order valence-corrected chi connectivity index (χ0v) is 14.7. The van der Waals surface area contributed by atoms with E-state index >= 15 is 0 Å². The van der Waals surface area contributed by atoms with Crippen molar-refractivity contribution in [2.75, 3.05) is 0 Å². The van der Waals surface area contributed by atoms with Gasteiger partial charge in [-0.05, 0) is 13.8 Å². The Balaban J connectivity index is 2.42. The molecule has 0 fully saturated rings. The van der Waals surface area contributed by atoms with Gasteiger partial charge in [-0.15, -0.1) is 10.2 Å². The van der Waals surface area contributed by atoms with Gasteiger partial charge in [0.05, 0.1) is 10.7 Å². The van der Waals surface area contributed by atoms with Crippen LogP contribution in [0.4, 0.5) is 0 Å². The summed E-state index contributed by atoms with van der Waals surface area (Å²) in [5.41, 5.74) is 0. The second-order valence-corrected chi connectivity index (χ2v) is 6.30. The van der Waals surface area contributed by atoms with Crippen molar-refractivity contribution in [3.8, 4) is 0 Å². The summed E-state index contributed by atoms with van der Waals surface area (Å²) in [5, 5.41) is 26.1. The third-order valence-corrected chi connectivity index (χ3v) is 4.94. The lowest BCUT2D eigenvalue weighted by Gasteiger charge is -1.99. The second kappa shape index (κ2) is 5.62. The Kier molecular flexibility index (Phi) is 3.25. The quantitative estimate of drug-likeness (QED) is 0.494. The summed E-state index contributed by atoms with van der Waals surface area (Å²) in [6.07, 6.45) is 0. The molecule has 1 aliphatic carbocycles. The van der Waals surface area contributed by atoms with Gasteiger partial charge in [-0.25, -0.2) is 9.36 Å². The Morgan fingerprint density at radius 3 is 1.38 bits per heavy atom. The van der Waals surface area contributed by atoms with Crippen molar-refractivity contribution in [1.29, 1.82) is 0 Å². The molecule has 6 nitrogen and oxygen atoms in total. The van der Waals surface area contributed by atoms with Crippen molar-refractivity contribution in [1.82, 2.24) is 30.0 Å². The summed E-state index contributed by atoms with van der Waals surface area (Å²) < 4.78 is 3.92.